The molecule has 0 spiro atoms. The predicted molar refractivity (Wildman–Crippen MR) is 91.3 cm³/mol. The number of aliphatic hydroxyl groups is 3. The largest absolute Gasteiger partial charge is 0.396 e. The second-order valence-corrected chi connectivity index (χ2v) is 7.37. The van der Waals surface area contributed by atoms with Crippen LogP contribution in [-0.4, -0.2) is 69.9 Å². The highest BCUT2D eigenvalue weighted by Crippen LogP contribution is 2.19. The van der Waals surface area contributed by atoms with Gasteiger partial charge in [-0.15, -0.1) is 0 Å². The molecular weight excluding hydrogens is 336 g/mol. The monoisotopic (exact) mass is 364 g/mol. The van der Waals surface area contributed by atoms with Crippen molar-refractivity contribution in [1.82, 2.24) is 10.6 Å². The van der Waals surface area contributed by atoms with E-state index in [0.29, 0.717) is 12.3 Å². The van der Waals surface area contributed by atoms with Crippen LogP contribution in [0.5, 0.6) is 0 Å². The minimum atomic E-state index is -1.36. The van der Waals surface area contributed by atoms with Crippen LogP contribution in [0.3, 0.4) is 0 Å². The van der Waals surface area contributed by atoms with E-state index in [4.69, 9.17) is 10.2 Å². The van der Waals surface area contributed by atoms with E-state index in [0.717, 1.165) is 11.8 Å². The number of amides is 2. The normalized spacial score (nSPS) is 13.9. The van der Waals surface area contributed by atoms with Gasteiger partial charge in [0, 0.05) is 37.1 Å². The molecule has 9 heteroatoms. The maximum absolute atomic E-state index is 11.7. The Morgan fingerprint density at radius 2 is 1.75 bits per heavy atom. The Balaban J connectivity index is 3.84. The molecule has 0 aromatic carbocycles. The summed E-state index contributed by atoms with van der Waals surface area (Å²) in [6.07, 6.45) is -1.90. The first-order valence-corrected chi connectivity index (χ1v) is 8.75. The zero-order valence-electron chi connectivity index (χ0n) is 14.4. The quantitative estimate of drug-likeness (QED) is 0.297. The van der Waals surface area contributed by atoms with Gasteiger partial charge in [-0.3, -0.25) is 14.4 Å². The van der Waals surface area contributed by atoms with Crippen molar-refractivity contribution in [3.05, 3.63) is 0 Å². The number of hydrogen-bond donors (Lipinski definition) is 5. The summed E-state index contributed by atoms with van der Waals surface area (Å²) in [6.45, 7) is 4.68. The molecule has 0 rings (SSSR count). The summed E-state index contributed by atoms with van der Waals surface area (Å²) in [5.41, 5.74) is -0.956. The van der Waals surface area contributed by atoms with E-state index < -0.39 is 23.5 Å². The minimum Gasteiger partial charge on any atom is -0.396 e. The van der Waals surface area contributed by atoms with Crippen LogP contribution in [0, 0.1) is 5.41 Å². The summed E-state index contributed by atoms with van der Waals surface area (Å²) >= 11 is 1.04. The second-order valence-electron chi connectivity index (χ2n) is 6.21. The summed E-state index contributed by atoms with van der Waals surface area (Å²) in [5.74, 6) is -0.511. The minimum absolute atomic E-state index is 0.0459. The van der Waals surface area contributed by atoms with Crippen LogP contribution in [-0.2, 0) is 14.4 Å². The number of rotatable bonds is 11. The van der Waals surface area contributed by atoms with Crippen molar-refractivity contribution in [2.24, 2.45) is 5.41 Å². The van der Waals surface area contributed by atoms with E-state index in [1.165, 1.54) is 6.92 Å². The molecule has 0 saturated heterocycles. The van der Waals surface area contributed by atoms with E-state index in [1.807, 2.05) is 0 Å². The van der Waals surface area contributed by atoms with Crippen molar-refractivity contribution >= 4 is 28.7 Å². The molecule has 0 saturated carbocycles. The van der Waals surface area contributed by atoms with Gasteiger partial charge in [0.25, 0.3) is 0 Å². The van der Waals surface area contributed by atoms with Gasteiger partial charge in [0.05, 0.1) is 12.7 Å². The lowest BCUT2D eigenvalue weighted by Gasteiger charge is -2.27. The van der Waals surface area contributed by atoms with E-state index in [1.54, 1.807) is 13.8 Å². The van der Waals surface area contributed by atoms with Crippen LogP contribution < -0.4 is 10.6 Å². The molecule has 2 amide bonds. The second kappa shape index (κ2) is 11.4. The molecule has 0 aromatic rings. The maximum atomic E-state index is 11.7. The number of nitrogens with one attached hydrogen (secondary N) is 2. The van der Waals surface area contributed by atoms with Crippen molar-refractivity contribution in [2.75, 3.05) is 25.4 Å². The van der Waals surface area contributed by atoms with Gasteiger partial charge in [0.1, 0.15) is 6.10 Å². The third-order valence-electron chi connectivity index (χ3n) is 3.20. The van der Waals surface area contributed by atoms with Crippen molar-refractivity contribution in [3.8, 4) is 0 Å². The molecule has 8 nitrogen and oxygen atoms in total. The zero-order valence-corrected chi connectivity index (χ0v) is 15.2. The molecule has 0 aliphatic carbocycles. The first-order chi connectivity index (χ1) is 11.1. The molecule has 140 valence electrons. The highest BCUT2D eigenvalue weighted by Gasteiger charge is 2.32. The van der Waals surface area contributed by atoms with Gasteiger partial charge in [-0.1, -0.05) is 25.6 Å². The van der Waals surface area contributed by atoms with Crippen LogP contribution in [0.1, 0.15) is 33.6 Å². The average molecular weight is 364 g/mol. The van der Waals surface area contributed by atoms with Crippen LogP contribution in [0.25, 0.3) is 0 Å². The number of carbonyl (C=O) groups excluding carboxylic acids is 3. The summed E-state index contributed by atoms with van der Waals surface area (Å²) in [7, 11) is 0. The lowest BCUT2D eigenvalue weighted by Crippen LogP contribution is -2.46. The van der Waals surface area contributed by atoms with E-state index >= 15 is 0 Å². The van der Waals surface area contributed by atoms with E-state index in [-0.39, 0.29) is 37.0 Å². The summed E-state index contributed by atoms with van der Waals surface area (Å²) < 4.78 is 0. The number of aliphatic hydroxyl groups excluding tert-OH is 3. The van der Waals surface area contributed by atoms with Crippen LogP contribution in [0.4, 0.5) is 0 Å². The van der Waals surface area contributed by atoms with Gasteiger partial charge < -0.3 is 26.0 Å². The van der Waals surface area contributed by atoms with Crippen molar-refractivity contribution in [2.45, 2.75) is 45.8 Å². The first kappa shape index (κ1) is 22.8. The van der Waals surface area contributed by atoms with Gasteiger partial charge in [0.2, 0.25) is 11.8 Å². The van der Waals surface area contributed by atoms with Crippen LogP contribution in [0.15, 0.2) is 0 Å². The Morgan fingerprint density at radius 3 is 2.29 bits per heavy atom. The van der Waals surface area contributed by atoms with E-state index in [9.17, 15) is 19.5 Å². The Hall–Kier alpha value is -1.16. The SMILES string of the molecule is C[C@@H](O)CC(=O)SCCNC(=O)CCNC(=O)C(O)C(C)(C)CO. The van der Waals surface area contributed by atoms with Gasteiger partial charge in [-0.2, -0.15) is 0 Å². The standard InChI is InChI=1S/C15H28N2O6S/c1-10(19)8-12(21)24-7-6-16-11(20)4-5-17-14(23)13(22)15(2,3)9-18/h10,13,18-19,22H,4-9H2,1-3H3,(H,16,20)(H,17,23)/t10-,13?/m1/s1. The molecule has 0 fully saturated rings. The average Bonchev–Trinajstić information content (AvgIpc) is 2.49. The lowest BCUT2D eigenvalue weighted by atomic mass is 9.87. The lowest BCUT2D eigenvalue weighted by molar-refractivity contribution is -0.137. The fourth-order valence-corrected chi connectivity index (χ4v) is 2.37. The van der Waals surface area contributed by atoms with Gasteiger partial charge >= 0.3 is 0 Å². The van der Waals surface area contributed by atoms with Crippen molar-refractivity contribution < 1.29 is 29.7 Å². The summed E-state index contributed by atoms with van der Waals surface area (Å²) in [5, 5.41) is 32.8. The number of thioether (sulfide) groups is 1. The summed E-state index contributed by atoms with van der Waals surface area (Å²) in [4.78, 5) is 34.6. The smallest absolute Gasteiger partial charge is 0.249 e. The number of hydrogen-bond acceptors (Lipinski definition) is 7. The molecular formula is C15H28N2O6S. The van der Waals surface area contributed by atoms with Gasteiger partial charge in [-0.05, 0) is 6.92 Å². The molecule has 24 heavy (non-hydrogen) atoms. The van der Waals surface area contributed by atoms with Crippen LogP contribution >= 0.6 is 11.8 Å². The maximum Gasteiger partial charge on any atom is 0.249 e. The fourth-order valence-electron chi connectivity index (χ4n) is 1.58. The summed E-state index contributed by atoms with van der Waals surface area (Å²) in [6, 6.07) is 0. The third kappa shape index (κ3) is 9.86. The molecule has 2 atom stereocenters. The van der Waals surface area contributed by atoms with Crippen molar-refractivity contribution in [1.29, 1.82) is 0 Å². The van der Waals surface area contributed by atoms with Gasteiger partial charge in [0.15, 0.2) is 5.12 Å². The third-order valence-corrected chi connectivity index (χ3v) is 4.09. The Labute approximate surface area is 146 Å². The molecule has 0 aliphatic rings. The number of carbonyl (C=O) groups is 3. The molecule has 0 heterocycles. The molecule has 0 aliphatic heterocycles. The topological polar surface area (TPSA) is 136 Å². The predicted octanol–water partition coefficient (Wildman–Crippen LogP) is -0.981. The Kier molecular flexibility index (Phi) is 10.9. The van der Waals surface area contributed by atoms with Crippen molar-refractivity contribution in [3.63, 3.8) is 0 Å². The molecule has 0 radical (unpaired) electrons. The highest BCUT2D eigenvalue weighted by molar-refractivity contribution is 8.13. The molecule has 5 N–H and O–H groups in total. The zero-order chi connectivity index (χ0) is 18.8. The molecule has 0 bridgehead atoms. The fraction of sp³-hybridized carbons (Fsp3) is 0.800. The Bertz CT molecular complexity index is 428. The Morgan fingerprint density at radius 1 is 1.12 bits per heavy atom. The molecule has 1 unspecified atom stereocenters. The van der Waals surface area contributed by atoms with Crippen LogP contribution in [0.2, 0.25) is 0 Å². The first-order valence-electron chi connectivity index (χ1n) is 7.77. The highest BCUT2D eigenvalue weighted by atomic mass is 32.2. The van der Waals surface area contributed by atoms with Gasteiger partial charge in [-0.25, -0.2) is 0 Å². The van der Waals surface area contributed by atoms with E-state index in [2.05, 4.69) is 10.6 Å². The molecule has 0 aromatic heterocycles.